The van der Waals surface area contributed by atoms with Crippen molar-refractivity contribution in [1.82, 2.24) is 14.8 Å². The van der Waals surface area contributed by atoms with Crippen LogP contribution in [0, 0.1) is 5.41 Å². The Hall–Kier alpha value is -2.17. The standard InChI is InChI=1S/C16H21N5/c1-3-11-9-12(4-2)21(20-11)16-13(15(17)18)8-10-6-5-7-14(10)19-16/h8-9H,3-7H2,1-2H3,(H3,17,18). The number of fused-ring (bicyclic) bond motifs is 1. The number of nitrogens with one attached hydrogen (secondary N) is 1. The highest BCUT2D eigenvalue weighted by Gasteiger charge is 2.20. The molecule has 0 aliphatic heterocycles. The molecule has 3 rings (SSSR count). The Morgan fingerprint density at radius 1 is 1.29 bits per heavy atom. The van der Waals surface area contributed by atoms with Crippen molar-refractivity contribution < 1.29 is 0 Å². The van der Waals surface area contributed by atoms with Crippen LogP contribution < -0.4 is 5.73 Å². The van der Waals surface area contributed by atoms with E-state index in [2.05, 4.69) is 25.0 Å². The van der Waals surface area contributed by atoms with Crippen LogP contribution in [0.25, 0.3) is 5.82 Å². The van der Waals surface area contributed by atoms with Crippen molar-refractivity contribution in [2.75, 3.05) is 0 Å². The molecule has 0 saturated carbocycles. The van der Waals surface area contributed by atoms with Crippen molar-refractivity contribution in [3.8, 4) is 5.82 Å². The molecule has 0 atom stereocenters. The molecule has 3 N–H and O–H groups in total. The molecule has 1 aliphatic carbocycles. The molecule has 0 unspecified atom stereocenters. The third-order valence-electron chi connectivity index (χ3n) is 4.08. The van der Waals surface area contributed by atoms with Crippen molar-refractivity contribution in [2.24, 2.45) is 5.73 Å². The second-order valence-corrected chi connectivity index (χ2v) is 5.48. The first kappa shape index (κ1) is 13.8. The molecule has 0 spiro atoms. The fourth-order valence-corrected chi connectivity index (χ4v) is 2.90. The number of hydrogen-bond acceptors (Lipinski definition) is 3. The minimum atomic E-state index is 0.0581. The van der Waals surface area contributed by atoms with Crippen LogP contribution in [0.2, 0.25) is 0 Å². The summed E-state index contributed by atoms with van der Waals surface area (Å²) >= 11 is 0. The average Bonchev–Trinajstić information content (AvgIpc) is 3.11. The van der Waals surface area contributed by atoms with Crippen LogP contribution in [0.4, 0.5) is 0 Å². The van der Waals surface area contributed by atoms with E-state index in [-0.39, 0.29) is 5.84 Å². The SMILES string of the molecule is CCc1cc(CC)n(-c2nc3c(cc2C(=N)N)CCC3)n1. The van der Waals surface area contributed by atoms with Crippen LogP contribution in [0.15, 0.2) is 12.1 Å². The van der Waals surface area contributed by atoms with E-state index in [1.54, 1.807) is 0 Å². The molecule has 0 bridgehead atoms. The van der Waals surface area contributed by atoms with Gasteiger partial charge in [0.1, 0.15) is 5.84 Å². The zero-order chi connectivity index (χ0) is 15.0. The van der Waals surface area contributed by atoms with Gasteiger partial charge in [-0.1, -0.05) is 13.8 Å². The Labute approximate surface area is 124 Å². The zero-order valence-corrected chi connectivity index (χ0v) is 12.6. The summed E-state index contributed by atoms with van der Waals surface area (Å²) in [4.78, 5) is 4.78. The van der Waals surface area contributed by atoms with Gasteiger partial charge in [0.2, 0.25) is 0 Å². The number of aryl methyl sites for hydroxylation is 4. The van der Waals surface area contributed by atoms with Crippen molar-refractivity contribution in [3.63, 3.8) is 0 Å². The monoisotopic (exact) mass is 283 g/mol. The van der Waals surface area contributed by atoms with E-state index >= 15 is 0 Å². The number of amidine groups is 1. The Morgan fingerprint density at radius 3 is 2.76 bits per heavy atom. The van der Waals surface area contributed by atoms with E-state index in [0.717, 1.165) is 49.2 Å². The fraction of sp³-hybridized carbons (Fsp3) is 0.438. The number of pyridine rings is 1. The molecule has 2 aromatic heterocycles. The summed E-state index contributed by atoms with van der Waals surface area (Å²) in [5.41, 5.74) is 11.0. The molecule has 2 heterocycles. The first-order valence-electron chi connectivity index (χ1n) is 7.59. The third kappa shape index (κ3) is 2.33. The maximum Gasteiger partial charge on any atom is 0.164 e. The van der Waals surface area contributed by atoms with Crippen LogP contribution in [-0.2, 0) is 25.7 Å². The molecule has 110 valence electrons. The van der Waals surface area contributed by atoms with Gasteiger partial charge in [0.25, 0.3) is 0 Å². The molecule has 1 aliphatic rings. The summed E-state index contributed by atoms with van der Waals surface area (Å²) in [6.45, 7) is 4.20. The normalized spacial score (nSPS) is 13.4. The average molecular weight is 283 g/mol. The summed E-state index contributed by atoms with van der Waals surface area (Å²) in [6, 6.07) is 4.14. The van der Waals surface area contributed by atoms with E-state index in [1.807, 2.05) is 10.7 Å². The predicted molar refractivity (Wildman–Crippen MR) is 83.2 cm³/mol. The summed E-state index contributed by atoms with van der Waals surface area (Å²) < 4.78 is 1.87. The lowest BCUT2D eigenvalue weighted by atomic mass is 10.1. The number of aromatic nitrogens is 3. The van der Waals surface area contributed by atoms with Gasteiger partial charge in [-0.3, -0.25) is 5.41 Å². The van der Waals surface area contributed by atoms with Crippen LogP contribution in [0.3, 0.4) is 0 Å². The predicted octanol–water partition coefficient (Wildman–Crippen LogP) is 2.16. The van der Waals surface area contributed by atoms with Gasteiger partial charge in [-0.15, -0.1) is 0 Å². The highest BCUT2D eigenvalue weighted by molar-refractivity contribution is 5.98. The summed E-state index contributed by atoms with van der Waals surface area (Å²) in [5.74, 6) is 0.766. The second-order valence-electron chi connectivity index (χ2n) is 5.48. The molecule has 5 heteroatoms. The molecule has 0 fully saturated rings. The van der Waals surface area contributed by atoms with Gasteiger partial charge in [0.15, 0.2) is 5.82 Å². The lowest BCUT2D eigenvalue weighted by Crippen LogP contribution is -2.18. The van der Waals surface area contributed by atoms with E-state index in [4.69, 9.17) is 16.1 Å². The number of rotatable bonds is 4. The molecular weight excluding hydrogens is 262 g/mol. The molecule has 21 heavy (non-hydrogen) atoms. The molecule has 2 aromatic rings. The van der Waals surface area contributed by atoms with E-state index < -0.39 is 0 Å². The van der Waals surface area contributed by atoms with Crippen LogP contribution in [0.5, 0.6) is 0 Å². The van der Waals surface area contributed by atoms with Gasteiger partial charge < -0.3 is 5.73 Å². The Balaban J connectivity index is 2.21. The smallest absolute Gasteiger partial charge is 0.164 e. The highest BCUT2D eigenvalue weighted by Crippen LogP contribution is 2.25. The molecule has 0 saturated heterocycles. The minimum Gasteiger partial charge on any atom is -0.384 e. The Morgan fingerprint density at radius 2 is 2.10 bits per heavy atom. The third-order valence-corrected chi connectivity index (χ3v) is 4.08. The molecule has 0 radical (unpaired) electrons. The maximum atomic E-state index is 7.86. The van der Waals surface area contributed by atoms with Crippen molar-refractivity contribution in [1.29, 1.82) is 5.41 Å². The first-order chi connectivity index (χ1) is 10.1. The summed E-state index contributed by atoms with van der Waals surface area (Å²) in [6.07, 6.45) is 4.93. The van der Waals surface area contributed by atoms with Gasteiger partial charge in [-0.2, -0.15) is 5.10 Å². The van der Waals surface area contributed by atoms with Crippen molar-refractivity contribution in [3.05, 3.63) is 40.3 Å². The zero-order valence-electron chi connectivity index (χ0n) is 12.6. The minimum absolute atomic E-state index is 0.0581. The first-order valence-corrected chi connectivity index (χ1v) is 7.59. The van der Waals surface area contributed by atoms with Crippen molar-refractivity contribution >= 4 is 5.84 Å². The Kier molecular flexibility index (Phi) is 3.49. The Bertz CT molecular complexity index is 699. The molecule has 0 aromatic carbocycles. The van der Waals surface area contributed by atoms with Crippen LogP contribution in [-0.4, -0.2) is 20.6 Å². The summed E-state index contributed by atoms with van der Waals surface area (Å²) in [5, 5.41) is 12.5. The molecular formula is C16H21N5. The van der Waals surface area contributed by atoms with Crippen molar-refractivity contribution in [2.45, 2.75) is 46.0 Å². The fourth-order valence-electron chi connectivity index (χ4n) is 2.90. The lowest BCUT2D eigenvalue weighted by molar-refractivity contribution is 0.764. The quantitative estimate of drug-likeness (QED) is 0.666. The maximum absolute atomic E-state index is 7.86. The van der Waals surface area contributed by atoms with Gasteiger partial charge in [-0.25, -0.2) is 9.67 Å². The second kappa shape index (κ2) is 5.31. The number of nitrogens with zero attached hydrogens (tertiary/aromatic N) is 3. The van der Waals surface area contributed by atoms with Crippen LogP contribution in [0.1, 0.15) is 48.5 Å². The van der Waals surface area contributed by atoms with Gasteiger partial charge in [-0.05, 0) is 49.8 Å². The largest absolute Gasteiger partial charge is 0.384 e. The van der Waals surface area contributed by atoms with Gasteiger partial charge in [0.05, 0.1) is 11.3 Å². The summed E-state index contributed by atoms with van der Waals surface area (Å²) in [7, 11) is 0. The lowest BCUT2D eigenvalue weighted by Gasteiger charge is -2.12. The molecule has 5 nitrogen and oxygen atoms in total. The molecule has 0 amide bonds. The van der Waals surface area contributed by atoms with E-state index in [0.29, 0.717) is 11.4 Å². The van der Waals surface area contributed by atoms with E-state index in [1.165, 1.54) is 5.56 Å². The topological polar surface area (TPSA) is 80.6 Å². The van der Waals surface area contributed by atoms with E-state index in [9.17, 15) is 0 Å². The highest BCUT2D eigenvalue weighted by atomic mass is 15.3. The van der Waals surface area contributed by atoms with Gasteiger partial charge >= 0.3 is 0 Å². The number of nitrogen functional groups attached to an aromatic ring is 1. The van der Waals surface area contributed by atoms with Gasteiger partial charge in [0, 0.05) is 11.4 Å². The van der Waals surface area contributed by atoms with Crippen LogP contribution >= 0.6 is 0 Å². The number of nitrogens with two attached hydrogens (primary N) is 1. The number of hydrogen-bond donors (Lipinski definition) is 2.